The largest absolute Gasteiger partial charge is 0.504 e. The van der Waals surface area contributed by atoms with E-state index in [0.717, 1.165) is 24.8 Å². The number of aromatic hydroxyl groups is 2. The Morgan fingerprint density at radius 2 is 1.62 bits per heavy atom. The first kappa shape index (κ1) is 28.4. The van der Waals surface area contributed by atoms with Crippen LogP contribution < -0.4 is 20.5 Å². The van der Waals surface area contributed by atoms with Crippen LogP contribution >= 0.6 is 0 Å². The molecule has 0 saturated carbocycles. The second-order valence-electron chi connectivity index (χ2n) is 7.95. The van der Waals surface area contributed by atoms with Crippen molar-refractivity contribution >= 4 is 11.8 Å². The molecule has 8 heteroatoms. The third-order valence-electron chi connectivity index (χ3n) is 4.74. The van der Waals surface area contributed by atoms with Crippen molar-refractivity contribution in [1.29, 1.82) is 0 Å². The zero-order valence-electron chi connectivity index (χ0n) is 20.3. The molecular weight excluding hydrogens is 436 g/mol. The number of amides is 2. The number of methoxy groups -OCH3 is 2. The first-order valence-electron chi connectivity index (χ1n) is 11.1. The van der Waals surface area contributed by atoms with Gasteiger partial charge in [0.15, 0.2) is 23.0 Å². The predicted molar refractivity (Wildman–Crippen MR) is 132 cm³/mol. The van der Waals surface area contributed by atoms with Crippen LogP contribution in [0.25, 0.3) is 0 Å². The van der Waals surface area contributed by atoms with Crippen LogP contribution in [-0.2, 0) is 11.3 Å². The minimum atomic E-state index is -0.548. The number of unbranched alkanes of at least 4 members (excludes halogenated alkanes) is 2. The Bertz CT molecular complexity index is 956. The molecule has 0 spiro atoms. The summed E-state index contributed by atoms with van der Waals surface area (Å²) in [6.45, 7) is 4.76. The maximum absolute atomic E-state index is 11.8. The van der Waals surface area contributed by atoms with Gasteiger partial charge in [-0.15, -0.1) is 0 Å². The molecule has 0 unspecified atom stereocenters. The third-order valence-corrected chi connectivity index (χ3v) is 4.74. The van der Waals surface area contributed by atoms with Crippen LogP contribution in [0.15, 0.2) is 48.6 Å². The fourth-order valence-corrected chi connectivity index (χ4v) is 2.87. The zero-order chi connectivity index (χ0) is 25.5. The summed E-state index contributed by atoms with van der Waals surface area (Å²) in [6, 6.07) is 9.25. The van der Waals surface area contributed by atoms with Gasteiger partial charge in [0.05, 0.1) is 14.2 Å². The number of nitrogens with two attached hydrogens (primary N) is 1. The van der Waals surface area contributed by atoms with Gasteiger partial charge in [-0.25, -0.2) is 0 Å². The van der Waals surface area contributed by atoms with Crippen LogP contribution in [0.3, 0.4) is 0 Å². The first-order chi connectivity index (χ1) is 16.2. The van der Waals surface area contributed by atoms with Gasteiger partial charge in [0.25, 0.3) is 0 Å². The van der Waals surface area contributed by atoms with Crippen LogP contribution in [0.4, 0.5) is 0 Å². The van der Waals surface area contributed by atoms with Crippen molar-refractivity contribution < 1.29 is 29.3 Å². The van der Waals surface area contributed by atoms with Crippen molar-refractivity contribution in [2.24, 2.45) is 11.7 Å². The number of hydrogen-bond donors (Lipinski definition) is 4. The second kappa shape index (κ2) is 15.2. The van der Waals surface area contributed by atoms with Gasteiger partial charge in [-0.3, -0.25) is 9.59 Å². The van der Waals surface area contributed by atoms with E-state index in [4.69, 9.17) is 20.3 Å². The number of ether oxygens (including phenoxy) is 2. The molecule has 2 aromatic rings. The van der Waals surface area contributed by atoms with E-state index in [-0.39, 0.29) is 23.2 Å². The molecule has 34 heavy (non-hydrogen) atoms. The quantitative estimate of drug-likeness (QED) is 0.285. The topological polar surface area (TPSA) is 131 Å². The number of primary amides is 1. The lowest BCUT2D eigenvalue weighted by Crippen LogP contribution is -2.22. The lowest BCUT2D eigenvalue weighted by Gasteiger charge is -2.08. The van der Waals surface area contributed by atoms with Gasteiger partial charge >= 0.3 is 0 Å². The van der Waals surface area contributed by atoms with E-state index in [1.54, 1.807) is 18.2 Å². The van der Waals surface area contributed by atoms with E-state index < -0.39 is 5.91 Å². The molecule has 186 valence electrons. The van der Waals surface area contributed by atoms with Gasteiger partial charge in [-0.05, 0) is 61.1 Å². The van der Waals surface area contributed by atoms with Gasteiger partial charge in [0.2, 0.25) is 11.8 Å². The molecule has 0 aliphatic heterocycles. The zero-order valence-corrected chi connectivity index (χ0v) is 20.3. The molecule has 0 aliphatic rings. The van der Waals surface area contributed by atoms with E-state index in [1.807, 2.05) is 0 Å². The monoisotopic (exact) mass is 472 g/mol. The number of carbonyl (C=O) groups is 2. The number of phenols is 2. The Labute approximate surface area is 201 Å². The van der Waals surface area contributed by atoms with E-state index >= 15 is 0 Å². The fourth-order valence-electron chi connectivity index (χ4n) is 2.87. The standard InChI is InChI=1S/C18H27NO3.C8H9NO3/c1-14(2)8-6-4-5-7-9-18(21)19-13-15-10-11-16(20)17(12-15)22-3;1-12-7-4-5(8(9)11)2-3-6(7)10/h6,8,10-12,14,20H,4-5,7,9,13H2,1-3H3,(H,19,21);2-4,10H,1H3,(H2,9,11). The molecular formula is C26H36N2O6. The minimum Gasteiger partial charge on any atom is -0.504 e. The van der Waals surface area contributed by atoms with Gasteiger partial charge < -0.3 is 30.7 Å². The molecule has 0 fully saturated rings. The number of rotatable bonds is 11. The number of allylic oxidation sites excluding steroid dienone is 2. The van der Waals surface area contributed by atoms with Crippen molar-refractivity contribution in [1.82, 2.24) is 5.32 Å². The van der Waals surface area contributed by atoms with Crippen molar-refractivity contribution in [3.05, 3.63) is 59.7 Å². The highest BCUT2D eigenvalue weighted by atomic mass is 16.5. The smallest absolute Gasteiger partial charge is 0.248 e. The van der Waals surface area contributed by atoms with Gasteiger partial charge in [0, 0.05) is 18.5 Å². The Morgan fingerprint density at radius 1 is 1.00 bits per heavy atom. The Balaban J connectivity index is 0.000000404. The summed E-state index contributed by atoms with van der Waals surface area (Å²) in [5, 5.41) is 21.5. The van der Waals surface area contributed by atoms with E-state index in [1.165, 1.54) is 32.4 Å². The average molecular weight is 473 g/mol. The van der Waals surface area contributed by atoms with E-state index in [2.05, 4.69) is 31.3 Å². The predicted octanol–water partition coefficient (Wildman–Crippen LogP) is 4.29. The minimum absolute atomic E-state index is 0.0116. The summed E-state index contributed by atoms with van der Waals surface area (Å²) >= 11 is 0. The highest BCUT2D eigenvalue weighted by molar-refractivity contribution is 5.93. The maximum Gasteiger partial charge on any atom is 0.248 e. The van der Waals surface area contributed by atoms with Crippen LogP contribution in [0, 0.1) is 5.92 Å². The number of nitrogens with one attached hydrogen (secondary N) is 1. The normalized spacial score (nSPS) is 10.5. The van der Waals surface area contributed by atoms with Crippen molar-refractivity contribution in [3.63, 3.8) is 0 Å². The molecule has 0 bridgehead atoms. The number of benzene rings is 2. The molecule has 0 saturated heterocycles. The SMILES string of the molecule is COc1cc(C(N)=O)ccc1O.COc1cc(CNC(=O)CCCCC=CC(C)C)ccc1O. The summed E-state index contributed by atoms with van der Waals surface area (Å²) in [5.74, 6) is 0.850. The van der Waals surface area contributed by atoms with E-state index in [0.29, 0.717) is 30.2 Å². The average Bonchev–Trinajstić information content (AvgIpc) is 2.81. The van der Waals surface area contributed by atoms with Crippen molar-refractivity contribution in [2.45, 2.75) is 46.1 Å². The first-order valence-corrected chi connectivity index (χ1v) is 11.1. The van der Waals surface area contributed by atoms with Crippen LogP contribution in [0.2, 0.25) is 0 Å². The molecule has 5 N–H and O–H groups in total. The highest BCUT2D eigenvalue weighted by Crippen LogP contribution is 2.26. The molecule has 2 rings (SSSR count). The van der Waals surface area contributed by atoms with Crippen LogP contribution in [0.5, 0.6) is 23.0 Å². The molecule has 0 radical (unpaired) electrons. The van der Waals surface area contributed by atoms with Crippen LogP contribution in [0.1, 0.15) is 55.5 Å². The summed E-state index contributed by atoms with van der Waals surface area (Å²) in [6.07, 6.45) is 7.88. The summed E-state index contributed by atoms with van der Waals surface area (Å²) < 4.78 is 9.82. The molecule has 2 aromatic carbocycles. The van der Waals surface area contributed by atoms with Gasteiger partial charge in [-0.1, -0.05) is 32.1 Å². The summed E-state index contributed by atoms with van der Waals surface area (Å²) in [5.41, 5.74) is 6.23. The fraction of sp³-hybridized carbons (Fsp3) is 0.385. The Hall–Kier alpha value is -3.68. The number of phenolic OH excluding ortho intramolecular Hbond substituents is 2. The third kappa shape index (κ3) is 10.8. The van der Waals surface area contributed by atoms with Crippen LogP contribution in [-0.4, -0.2) is 36.2 Å². The molecule has 2 amide bonds. The number of hydrogen-bond acceptors (Lipinski definition) is 6. The number of carbonyl (C=O) groups excluding carboxylic acids is 2. The van der Waals surface area contributed by atoms with E-state index in [9.17, 15) is 14.7 Å². The second-order valence-corrected chi connectivity index (χ2v) is 7.95. The maximum atomic E-state index is 11.8. The molecule has 8 nitrogen and oxygen atoms in total. The molecule has 0 aliphatic carbocycles. The van der Waals surface area contributed by atoms with Crippen molar-refractivity contribution in [2.75, 3.05) is 14.2 Å². The lowest BCUT2D eigenvalue weighted by molar-refractivity contribution is -0.121. The molecule has 0 atom stereocenters. The lowest BCUT2D eigenvalue weighted by atomic mass is 10.1. The van der Waals surface area contributed by atoms with Gasteiger partial charge in [0.1, 0.15) is 0 Å². The molecule has 0 heterocycles. The Kier molecular flexibility index (Phi) is 12.7. The highest BCUT2D eigenvalue weighted by Gasteiger charge is 2.06. The Morgan fingerprint density at radius 3 is 2.21 bits per heavy atom. The van der Waals surface area contributed by atoms with Crippen molar-refractivity contribution in [3.8, 4) is 23.0 Å². The summed E-state index contributed by atoms with van der Waals surface area (Å²) in [7, 11) is 2.91. The molecule has 0 aromatic heterocycles. The summed E-state index contributed by atoms with van der Waals surface area (Å²) in [4.78, 5) is 22.4. The van der Waals surface area contributed by atoms with Gasteiger partial charge in [-0.2, -0.15) is 0 Å².